The van der Waals surface area contributed by atoms with Crippen LogP contribution < -0.4 is 10.6 Å². The number of thioether (sulfide) groups is 1. The first kappa shape index (κ1) is 19.0. The fraction of sp³-hybridized carbons (Fsp3) is 0.438. The summed E-state index contributed by atoms with van der Waals surface area (Å²) in [7, 11) is 0. The molecule has 1 rings (SSSR count). The molecule has 124 valence electrons. The molecule has 0 saturated heterocycles. The Morgan fingerprint density at radius 2 is 1.87 bits per heavy atom. The summed E-state index contributed by atoms with van der Waals surface area (Å²) in [5, 5.41) is 15.6. The molecule has 0 radical (unpaired) electrons. The molecule has 0 fully saturated rings. The zero-order valence-corrected chi connectivity index (χ0v) is 13.9. The molecule has 0 aliphatic rings. The third kappa shape index (κ3) is 8.24. The number of amides is 2. The number of carbonyl (C=O) groups is 2. The number of hydrogen-bond acceptors (Lipinski definition) is 5. The van der Waals surface area contributed by atoms with Crippen molar-refractivity contribution in [1.29, 1.82) is 5.26 Å². The van der Waals surface area contributed by atoms with E-state index in [9.17, 15) is 9.59 Å². The van der Waals surface area contributed by atoms with Crippen LogP contribution in [0.1, 0.15) is 26.2 Å². The summed E-state index contributed by atoms with van der Waals surface area (Å²) in [6, 6.07) is 6.70. The lowest BCUT2D eigenvalue weighted by Gasteiger charge is -2.07. The van der Waals surface area contributed by atoms with E-state index >= 15 is 0 Å². The summed E-state index contributed by atoms with van der Waals surface area (Å²) in [4.78, 5) is 24.1. The summed E-state index contributed by atoms with van der Waals surface area (Å²) >= 11 is 1.03. The molecule has 2 N–H and O–H groups in total. The van der Waals surface area contributed by atoms with Crippen LogP contribution in [-0.4, -0.2) is 31.6 Å². The van der Waals surface area contributed by atoms with Gasteiger partial charge in [0.1, 0.15) is 5.40 Å². The average Bonchev–Trinajstić information content (AvgIpc) is 2.56. The van der Waals surface area contributed by atoms with Crippen molar-refractivity contribution in [2.45, 2.75) is 31.1 Å². The quantitative estimate of drug-likeness (QED) is 0.313. The van der Waals surface area contributed by atoms with Crippen molar-refractivity contribution >= 4 is 29.3 Å². The number of anilines is 1. The van der Waals surface area contributed by atoms with E-state index in [4.69, 9.17) is 10.00 Å². The first-order chi connectivity index (χ1) is 11.2. The molecule has 6 nitrogen and oxygen atoms in total. The van der Waals surface area contributed by atoms with E-state index in [1.165, 1.54) is 0 Å². The number of nitrogens with zero attached hydrogens (tertiary/aromatic N) is 1. The monoisotopic (exact) mass is 335 g/mol. The van der Waals surface area contributed by atoms with Gasteiger partial charge >= 0.3 is 11.8 Å². The highest BCUT2D eigenvalue weighted by Gasteiger charge is 2.12. The predicted molar refractivity (Wildman–Crippen MR) is 89.9 cm³/mol. The molecule has 1 aromatic rings. The highest BCUT2D eigenvalue weighted by molar-refractivity contribution is 8.03. The van der Waals surface area contributed by atoms with Gasteiger partial charge in [-0.05, 0) is 48.9 Å². The largest absolute Gasteiger partial charge is 0.381 e. The lowest BCUT2D eigenvalue weighted by atomic mass is 10.3. The van der Waals surface area contributed by atoms with Gasteiger partial charge in [0.2, 0.25) is 0 Å². The van der Waals surface area contributed by atoms with Crippen LogP contribution in [0.3, 0.4) is 0 Å². The molecule has 0 atom stereocenters. The number of nitriles is 1. The van der Waals surface area contributed by atoms with E-state index in [2.05, 4.69) is 17.6 Å². The summed E-state index contributed by atoms with van der Waals surface area (Å²) in [6.07, 6.45) is 2.79. The number of benzene rings is 1. The molecule has 7 heteroatoms. The third-order valence-corrected chi connectivity index (χ3v) is 3.47. The Morgan fingerprint density at radius 3 is 2.52 bits per heavy atom. The van der Waals surface area contributed by atoms with E-state index in [1.54, 1.807) is 24.3 Å². The smallest absolute Gasteiger partial charge is 0.313 e. The van der Waals surface area contributed by atoms with Gasteiger partial charge in [0.05, 0.1) is 0 Å². The van der Waals surface area contributed by atoms with Crippen molar-refractivity contribution in [2.24, 2.45) is 0 Å². The Hall–Kier alpha value is -2.04. The Balaban J connectivity index is 2.23. The number of ether oxygens (including phenoxy) is 1. The average molecular weight is 335 g/mol. The van der Waals surface area contributed by atoms with Crippen LogP contribution >= 0.6 is 11.8 Å². The first-order valence-corrected chi connectivity index (χ1v) is 8.32. The Bertz CT molecular complexity index is 540. The maximum atomic E-state index is 11.7. The number of hydrogen-bond donors (Lipinski definition) is 2. The lowest BCUT2D eigenvalue weighted by Crippen LogP contribution is -2.36. The molecule has 0 aromatic heterocycles. The van der Waals surface area contributed by atoms with Gasteiger partial charge in [-0.1, -0.05) is 13.3 Å². The van der Waals surface area contributed by atoms with Crippen LogP contribution in [0, 0.1) is 10.7 Å². The van der Waals surface area contributed by atoms with Crippen molar-refractivity contribution in [2.75, 3.05) is 25.1 Å². The van der Waals surface area contributed by atoms with Gasteiger partial charge in [-0.15, -0.1) is 0 Å². The van der Waals surface area contributed by atoms with Gasteiger partial charge in [0, 0.05) is 30.3 Å². The molecular formula is C16H21N3O3S. The second kappa shape index (κ2) is 11.5. The topological polar surface area (TPSA) is 91.2 Å². The minimum absolute atomic E-state index is 0.399. The second-order valence-electron chi connectivity index (χ2n) is 4.75. The van der Waals surface area contributed by atoms with Crippen LogP contribution in [0.5, 0.6) is 0 Å². The van der Waals surface area contributed by atoms with Gasteiger partial charge in [-0.2, -0.15) is 5.26 Å². The van der Waals surface area contributed by atoms with Crippen molar-refractivity contribution in [3.05, 3.63) is 24.3 Å². The molecule has 0 aliphatic carbocycles. The lowest BCUT2D eigenvalue weighted by molar-refractivity contribution is -0.136. The van der Waals surface area contributed by atoms with Crippen LogP contribution in [-0.2, 0) is 14.3 Å². The van der Waals surface area contributed by atoms with E-state index in [1.807, 2.05) is 5.40 Å². The number of unbranched alkanes of at least 4 members (excludes halogenated alkanes) is 1. The van der Waals surface area contributed by atoms with Crippen LogP contribution in [0.4, 0.5) is 5.69 Å². The fourth-order valence-electron chi connectivity index (χ4n) is 1.65. The van der Waals surface area contributed by atoms with E-state index in [-0.39, 0.29) is 0 Å². The van der Waals surface area contributed by atoms with Crippen molar-refractivity contribution in [3.63, 3.8) is 0 Å². The van der Waals surface area contributed by atoms with Crippen LogP contribution in [0.25, 0.3) is 0 Å². The van der Waals surface area contributed by atoms with E-state index in [0.717, 1.165) is 36.1 Å². The van der Waals surface area contributed by atoms with Gasteiger partial charge < -0.3 is 15.4 Å². The maximum Gasteiger partial charge on any atom is 0.313 e. The summed E-state index contributed by atoms with van der Waals surface area (Å²) < 4.78 is 5.37. The van der Waals surface area contributed by atoms with Gasteiger partial charge in [-0.3, -0.25) is 9.59 Å². The first-order valence-electron chi connectivity index (χ1n) is 7.50. The summed E-state index contributed by atoms with van der Waals surface area (Å²) in [6.45, 7) is 3.79. The summed E-state index contributed by atoms with van der Waals surface area (Å²) in [5.41, 5.74) is 0.510. The minimum atomic E-state index is -0.711. The highest BCUT2D eigenvalue weighted by Crippen LogP contribution is 2.18. The molecule has 0 unspecified atom stereocenters. The molecule has 2 amide bonds. The molecule has 0 spiro atoms. The number of carbonyl (C=O) groups excluding carboxylic acids is 2. The van der Waals surface area contributed by atoms with Gasteiger partial charge in [0.25, 0.3) is 0 Å². The standard InChI is InChI=1S/C16H21N3O3S/c1-2-3-10-22-11-4-9-18-15(20)16(21)19-13-5-7-14(8-6-13)23-12-17/h5-8H,2-4,9-11H2,1H3,(H,18,20)(H,19,21). The predicted octanol–water partition coefficient (Wildman–Crippen LogP) is 2.52. The molecule has 0 saturated carbocycles. The number of thiocyanates is 1. The molecule has 0 heterocycles. The summed E-state index contributed by atoms with van der Waals surface area (Å²) in [5.74, 6) is -1.38. The fourth-order valence-corrected chi connectivity index (χ4v) is 2.03. The molecule has 0 aliphatic heterocycles. The zero-order chi connectivity index (χ0) is 16.9. The molecular weight excluding hydrogens is 314 g/mol. The Kier molecular flexibility index (Phi) is 9.52. The van der Waals surface area contributed by atoms with Crippen molar-refractivity contribution in [1.82, 2.24) is 5.32 Å². The maximum absolute atomic E-state index is 11.7. The minimum Gasteiger partial charge on any atom is -0.381 e. The molecule has 1 aromatic carbocycles. The Labute approximate surface area is 140 Å². The normalized spacial score (nSPS) is 9.91. The number of rotatable bonds is 9. The third-order valence-electron chi connectivity index (χ3n) is 2.88. The number of nitrogens with one attached hydrogen (secondary N) is 2. The van der Waals surface area contributed by atoms with Crippen molar-refractivity contribution < 1.29 is 14.3 Å². The van der Waals surface area contributed by atoms with E-state index < -0.39 is 11.8 Å². The van der Waals surface area contributed by atoms with Gasteiger partial charge in [0.15, 0.2) is 0 Å². The molecule has 23 heavy (non-hydrogen) atoms. The van der Waals surface area contributed by atoms with Crippen LogP contribution in [0.15, 0.2) is 29.2 Å². The Morgan fingerprint density at radius 1 is 1.17 bits per heavy atom. The highest BCUT2D eigenvalue weighted by atomic mass is 32.2. The molecule has 0 bridgehead atoms. The second-order valence-corrected chi connectivity index (χ2v) is 5.61. The van der Waals surface area contributed by atoms with Gasteiger partial charge in [-0.25, -0.2) is 0 Å². The zero-order valence-electron chi connectivity index (χ0n) is 13.1. The SMILES string of the molecule is CCCCOCCCNC(=O)C(=O)Nc1ccc(SC#N)cc1. The van der Waals surface area contributed by atoms with Crippen LogP contribution in [0.2, 0.25) is 0 Å². The van der Waals surface area contributed by atoms with Crippen molar-refractivity contribution in [3.8, 4) is 5.40 Å². The van der Waals surface area contributed by atoms with E-state index in [0.29, 0.717) is 25.3 Å².